The first kappa shape index (κ1) is 27.1. The minimum Gasteiger partial charge on any atom is -0.483 e. The molecule has 1 fully saturated rings. The Kier molecular flexibility index (Phi) is 8.20. The highest BCUT2D eigenvalue weighted by Gasteiger charge is 2.25. The molecule has 1 amide bonds. The van der Waals surface area contributed by atoms with Crippen molar-refractivity contribution in [3.63, 3.8) is 0 Å². The molecule has 0 saturated carbocycles. The minimum absolute atomic E-state index is 0.0244. The third kappa shape index (κ3) is 5.89. The van der Waals surface area contributed by atoms with E-state index in [9.17, 15) is 14.4 Å². The Balaban J connectivity index is 1.48. The maximum absolute atomic E-state index is 13.8. The number of aromatic nitrogens is 4. The largest absolute Gasteiger partial charge is 0.483 e. The van der Waals surface area contributed by atoms with Crippen molar-refractivity contribution in [3.8, 4) is 5.75 Å². The zero-order valence-corrected chi connectivity index (χ0v) is 22.5. The number of likely N-dealkylation sites (N-methyl/N-ethyl adjacent to an activating group) is 1. The third-order valence-corrected chi connectivity index (χ3v) is 6.87. The lowest BCUT2D eigenvalue weighted by molar-refractivity contribution is -0.123. The highest BCUT2D eigenvalue weighted by Crippen LogP contribution is 2.24. The van der Waals surface area contributed by atoms with Gasteiger partial charge in [0.2, 0.25) is 5.95 Å². The van der Waals surface area contributed by atoms with E-state index in [1.165, 1.54) is 10.9 Å². The van der Waals surface area contributed by atoms with Crippen LogP contribution in [-0.4, -0.2) is 63.1 Å². The molecule has 0 spiro atoms. The van der Waals surface area contributed by atoms with Gasteiger partial charge in [0.25, 0.3) is 11.5 Å². The van der Waals surface area contributed by atoms with Crippen LogP contribution in [0.25, 0.3) is 11.2 Å². The van der Waals surface area contributed by atoms with Gasteiger partial charge in [-0.15, -0.1) is 0 Å². The number of fused-ring (bicyclic) bond motifs is 1. The number of benzene rings is 2. The first-order valence-corrected chi connectivity index (χ1v) is 13.5. The molecule has 208 valence electrons. The minimum atomic E-state index is -0.366. The molecular formula is C29H33N7O4. The average Bonchev–Trinajstić information content (AvgIpc) is 3.33. The van der Waals surface area contributed by atoms with Gasteiger partial charge in [0.1, 0.15) is 12.1 Å². The zero-order chi connectivity index (χ0) is 28.1. The summed E-state index contributed by atoms with van der Waals surface area (Å²) in [5, 5.41) is 2.66. The number of ketones is 1. The van der Waals surface area contributed by atoms with E-state index in [0.717, 1.165) is 24.9 Å². The van der Waals surface area contributed by atoms with E-state index in [4.69, 9.17) is 15.5 Å². The summed E-state index contributed by atoms with van der Waals surface area (Å²) in [5.41, 5.74) is 7.83. The van der Waals surface area contributed by atoms with E-state index in [1.54, 1.807) is 24.3 Å². The van der Waals surface area contributed by atoms with Crippen molar-refractivity contribution < 1.29 is 14.3 Å². The molecule has 2 aromatic carbocycles. The maximum atomic E-state index is 13.8. The van der Waals surface area contributed by atoms with Gasteiger partial charge in [0.05, 0.1) is 18.7 Å². The fraction of sp³-hybridized carbons (Fsp3) is 0.345. The summed E-state index contributed by atoms with van der Waals surface area (Å²) < 4.78 is 8.78. The Bertz CT molecular complexity index is 1560. The number of rotatable bonds is 10. The van der Waals surface area contributed by atoms with Crippen molar-refractivity contribution >= 4 is 28.8 Å². The van der Waals surface area contributed by atoms with Crippen LogP contribution in [0, 0.1) is 0 Å². The van der Waals surface area contributed by atoms with Crippen LogP contribution < -0.4 is 26.2 Å². The second-order valence-corrected chi connectivity index (χ2v) is 9.84. The number of hydrogen-bond donors (Lipinski definition) is 2. The molecule has 11 nitrogen and oxygen atoms in total. The molecule has 2 aromatic heterocycles. The van der Waals surface area contributed by atoms with E-state index >= 15 is 0 Å². The van der Waals surface area contributed by atoms with Crippen molar-refractivity contribution in [3.05, 3.63) is 82.4 Å². The summed E-state index contributed by atoms with van der Waals surface area (Å²) >= 11 is 0. The van der Waals surface area contributed by atoms with Crippen LogP contribution in [-0.2, 0) is 17.9 Å². The molecule has 5 rings (SSSR count). The number of hydrogen-bond acceptors (Lipinski definition) is 8. The fourth-order valence-corrected chi connectivity index (χ4v) is 4.96. The van der Waals surface area contributed by atoms with Crippen LogP contribution in [0.5, 0.6) is 5.75 Å². The molecule has 1 aliphatic heterocycles. The fourth-order valence-electron chi connectivity index (χ4n) is 4.96. The van der Waals surface area contributed by atoms with E-state index in [0.29, 0.717) is 36.7 Å². The van der Waals surface area contributed by atoms with Gasteiger partial charge >= 0.3 is 0 Å². The summed E-state index contributed by atoms with van der Waals surface area (Å²) in [6.45, 7) is 3.67. The smallest absolute Gasteiger partial charge is 0.280 e. The summed E-state index contributed by atoms with van der Waals surface area (Å²) in [4.78, 5) is 50.3. The predicted molar refractivity (Wildman–Crippen MR) is 152 cm³/mol. The molecule has 3 heterocycles. The average molecular weight is 544 g/mol. The van der Waals surface area contributed by atoms with Gasteiger partial charge < -0.3 is 20.7 Å². The Morgan fingerprint density at radius 1 is 1.12 bits per heavy atom. The number of ether oxygens (including phenoxy) is 1. The van der Waals surface area contributed by atoms with Crippen LogP contribution in [0.1, 0.15) is 35.7 Å². The number of nitrogens with two attached hydrogens (primary N) is 1. The van der Waals surface area contributed by atoms with Crippen LogP contribution in [0.4, 0.5) is 5.95 Å². The normalized spacial score (nSPS) is 15.2. The van der Waals surface area contributed by atoms with Crippen molar-refractivity contribution in [1.29, 1.82) is 0 Å². The van der Waals surface area contributed by atoms with Crippen LogP contribution >= 0.6 is 0 Å². The second-order valence-electron chi connectivity index (χ2n) is 9.84. The maximum Gasteiger partial charge on any atom is 0.280 e. The summed E-state index contributed by atoms with van der Waals surface area (Å²) in [6.07, 6.45) is 3.23. The van der Waals surface area contributed by atoms with Crippen molar-refractivity contribution in [2.24, 2.45) is 5.73 Å². The van der Waals surface area contributed by atoms with Crippen molar-refractivity contribution in [2.45, 2.75) is 38.9 Å². The molecule has 4 aromatic rings. The Labute approximate surface area is 231 Å². The molecule has 1 atom stereocenters. The lowest BCUT2D eigenvalue weighted by atomic mass is 10.1. The molecule has 40 heavy (non-hydrogen) atoms. The number of imidazole rings is 1. The SMILES string of the molecule is CCNC(=O)COc1ccccc1C(=O)Cn1cnc2nc(N3CCCC(N)C3)n(Cc3ccccc3)c2c1=O. The molecule has 0 aliphatic carbocycles. The van der Waals surface area contributed by atoms with Crippen molar-refractivity contribution in [1.82, 2.24) is 24.4 Å². The highest BCUT2D eigenvalue weighted by atomic mass is 16.5. The van der Waals surface area contributed by atoms with E-state index in [1.807, 2.05) is 41.8 Å². The lowest BCUT2D eigenvalue weighted by Crippen LogP contribution is -2.44. The summed E-state index contributed by atoms with van der Waals surface area (Å²) in [5.74, 6) is 0.296. The van der Waals surface area contributed by atoms with Gasteiger partial charge in [-0.25, -0.2) is 4.98 Å². The van der Waals surface area contributed by atoms with Gasteiger partial charge in [-0.3, -0.25) is 23.5 Å². The number of Topliss-reactive ketones (excluding diaryl/α,β-unsaturated/α-hetero) is 1. The number of piperidine rings is 1. The standard InChI is InChI=1S/C29H33N7O4/c1-2-31-25(38)18-40-24-13-7-6-12-22(24)23(37)17-35-19-32-27-26(28(35)39)36(15-20-9-4-3-5-10-20)29(33-27)34-14-8-11-21(30)16-34/h3-7,9-10,12-13,19,21H,2,8,11,14-18,30H2,1H3,(H,31,38). The number of para-hydroxylation sites is 1. The van der Waals surface area contributed by atoms with Gasteiger partial charge in [-0.2, -0.15) is 4.98 Å². The first-order valence-electron chi connectivity index (χ1n) is 13.5. The first-order chi connectivity index (χ1) is 19.4. The Morgan fingerprint density at radius 3 is 2.67 bits per heavy atom. The number of anilines is 1. The summed E-state index contributed by atoms with van der Waals surface area (Å²) in [7, 11) is 0. The van der Waals surface area contributed by atoms with E-state index < -0.39 is 0 Å². The van der Waals surface area contributed by atoms with E-state index in [-0.39, 0.29) is 47.8 Å². The third-order valence-electron chi connectivity index (χ3n) is 6.87. The van der Waals surface area contributed by atoms with E-state index in [2.05, 4.69) is 15.2 Å². The Hall–Kier alpha value is -4.51. The van der Waals surface area contributed by atoms with Gasteiger partial charge in [-0.05, 0) is 37.5 Å². The molecule has 1 unspecified atom stereocenters. The van der Waals surface area contributed by atoms with Crippen LogP contribution in [0.15, 0.2) is 65.7 Å². The van der Waals surface area contributed by atoms with Gasteiger partial charge in [0, 0.05) is 25.7 Å². The quantitative estimate of drug-likeness (QED) is 0.290. The number of nitrogens with one attached hydrogen (secondary N) is 1. The van der Waals surface area contributed by atoms with Crippen molar-refractivity contribution in [2.75, 3.05) is 31.1 Å². The molecule has 0 bridgehead atoms. The van der Waals surface area contributed by atoms with Gasteiger partial charge in [-0.1, -0.05) is 42.5 Å². The lowest BCUT2D eigenvalue weighted by Gasteiger charge is -2.31. The van der Waals surface area contributed by atoms with Crippen LogP contribution in [0.2, 0.25) is 0 Å². The molecular weight excluding hydrogens is 510 g/mol. The second kappa shape index (κ2) is 12.1. The van der Waals surface area contributed by atoms with Gasteiger partial charge in [0.15, 0.2) is 23.6 Å². The number of amides is 1. The zero-order valence-electron chi connectivity index (χ0n) is 22.5. The summed E-state index contributed by atoms with van der Waals surface area (Å²) in [6, 6.07) is 16.5. The topological polar surface area (TPSA) is 137 Å². The highest BCUT2D eigenvalue weighted by molar-refractivity contribution is 5.98. The Morgan fingerprint density at radius 2 is 1.90 bits per heavy atom. The number of carbonyl (C=O) groups excluding carboxylic acids is 2. The van der Waals surface area contributed by atoms with Crippen LogP contribution in [0.3, 0.4) is 0 Å². The predicted octanol–water partition coefficient (Wildman–Crippen LogP) is 1.97. The molecule has 11 heteroatoms. The molecule has 3 N–H and O–H groups in total. The molecule has 0 radical (unpaired) electrons. The number of nitrogens with zero attached hydrogens (tertiary/aromatic N) is 5. The monoisotopic (exact) mass is 543 g/mol. The molecule has 1 saturated heterocycles. The number of carbonyl (C=O) groups is 2. The molecule has 1 aliphatic rings.